The van der Waals surface area contributed by atoms with Crippen molar-refractivity contribution in [1.82, 2.24) is 0 Å². The number of halogens is 1. The van der Waals surface area contributed by atoms with E-state index in [1.807, 2.05) is 0 Å². The number of rotatable bonds is 0. The second-order valence-corrected chi connectivity index (χ2v) is 1.95. The molecule has 0 bridgehead atoms. The lowest BCUT2D eigenvalue weighted by Crippen LogP contribution is -1.87. The molecule has 10 heavy (non-hydrogen) atoms. The highest BCUT2D eigenvalue weighted by Gasteiger charge is 2.13. The molecule has 2 nitrogen and oxygen atoms in total. The van der Waals surface area contributed by atoms with Crippen molar-refractivity contribution in [1.29, 1.82) is 0 Å². The van der Waals surface area contributed by atoms with Gasteiger partial charge in [-0.1, -0.05) is 0 Å². The lowest BCUT2D eigenvalue weighted by atomic mass is 10.2. The summed E-state index contributed by atoms with van der Waals surface area (Å²) in [6.07, 6.45) is 5.48. The van der Waals surface area contributed by atoms with Crippen LogP contribution in [0.1, 0.15) is 25.7 Å². The molecule has 0 N–H and O–H groups in total. The summed E-state index contributed by atoms with van der Waals surface area (Å²) < 4.78 is 0. The summed E-state index contributed by atoms with van der Waals surface area (Å²) in [6, 6.07) is 0. The topological polar surface area (TPSA) is 29.4 Å². The summed E-state index contributed by atoms with van der Waals surface area (Å²) in [4.78, 5) is 14.1. The van der Waals surface area contributed by atoms with Gasteiger partial charge >= 0.3 is 32.4 Å². The molecule has 0 aliphatic carbocycles. The van der Waals surface area contributed by atoms with Crippen molar-refractivity contribution in [3.05, 3.63) is 0 Å². The van der Waals surface area contributed by atoms with Crippen LogP contribution in [0.4, 0.5) is 0 Å². The van der Waals surface area contributed by atoms with Crippen molar-refractivity contribution in [2.75, 3.05) is 0 Å². The zero-order chi connectivity index (χ0) is 7.82. The summed E-state index contributed by atoms with van der Waals surface area (Å²) in [7, 11) is 0. The van der Waals surface area contributed by atoms with Gasteiger partial charge in [0.15, 0.2) is 0 Å². The summed E-state index contributed by atoms with van der Waals surface area (Å²) in [6.45, 7) is 0. The molecule has 0 aromatic rings. The lowest BCUT2D eigenvalue weighted by Gasteiger charge is -1.84. The van der Waals surface area contributed by atoms with E-state index in [2.05, 4.69) is 17.9 Å². The van der Waals surface area contributed by atoms with Crippen LogP contribution in [0, 0.1) is 0 Å². The van der Waals surface area contributed by atoms with E-state index in [1.165, 1.54) is 0 Å². The van der Waals surface area contributed by atoms with Crippen molar-refractivity contribution in [3.8, 4) is 0 Å². The fourth-order valence-electron chi connectivity index (χ4n) is 0.743. The predicted molar refractivity (Wildman–Crippen MR) is 46.6 cm³/mol. The average Bonchev–Trinajstić information content (AvgIpc) is 2.21. The van der Waals surface area contributed by atoms with Gasteiger partial charge in [-0.2, -0.15) is 0 Å². The highest BCUT2D eigenvalue weighted by atomic mass is 79.9. The Morgan fingerprint density at radius 1 is 1.50 bits per heavy atom. The van der Waals surface area contributed by atoms with Crippen LogP contribution in [-0.4, -0.2) is 31.7 Å². The molecule has 0 saturated carbocycles. The van der Waals surface area contributed by atoms with Crippen LogP contribution in [0.5, 0.6) is 0 Å². The molecule has 0 unspecified atom stereocenters. The molecule has 1 aliphatic rings. The molecular formula is C6H9BrMgNO+2. The van der Waals surface area contributed by atoms with Crippen LogP contribution in [0.15, 0.2) is 4.99 Å². The Bertz CT molecular complexity index is 127. The maximum atomic E-state index is 10.5. The third-order valence-corrected chi connectivity index (χ3v) is 1.21. The number of carbonyl (C=O) groups excluding carboxylic acids is 1. The maximum absolute atomic E-state index is 10.5. The van der Waals surface area contributed by atoms with Gasteiger partial charge in [0.2, 0.25) is 5.91 Å². The van der Waals surface area contributed by atoms with Gasteiger partial charge in [-0.3, -0.25) is 4.79 Å². The van der Waals surface area contributed by atoms with Crippen molar-refractivity contribution in [2.24, 2.45) is 4.99 Å². The van der Waals surface area contributed by atoms with E-state index in [4.69, 9.17) is 0 Å². The number of amides is 1. The molecule has 0 atom stereocenters. The third-order valence-electron chi connectivity index (χ3n) is 1.21. The molecule has 1 rings (SSSR count). The molecule has 0 aromatic heterocycles. The molecule has 0 fully saturated rings. The number of carbonyl (C=O) groups is 1. The molecule has 0 spiro atoms. The zero-order valence-electron chi connectivity index (χ0n) is 5.85. The van der Waals surface area contributed by atoms with Crippen LogP contribution in [0.25, 0.3) is 0 Å². The van der Waals surface area contributed by atoms with Gasteiger partial charge in [0.05, 0.1) is 0 Å². The van der Waals surface area contributed by atoms with Crippen molar-refractivity contribution in [2.45, 2.75) is 25.7 Å². The van der Waals surface area contributed by atoms with Gasteiger partial charge in [-0.05, 0) is 19.3 Å². The first-order valence-electron chi connectivity index (χ1n) is 3.21. The summed E-state index contributed by atoms with van der Waals surface area (Å²) >= 11 is 4.64. The van der Waals surface area contributed by atoms with Gasteiger partial charge in [-0.25, -0.2) is 4.99 Å². The monoisotopic (exact) mass is 214 g/mol. The first kappa shape index (κ1) is 10.6. The number of hydrogen-bond acceptors (Lipinski definition) is 1. The molecular weight excluding hydrogens is 206 g/mol. The van der Waals surface area contributed by atoms with Crippen LogP contribution in [-0.2, 0) is 4.79 Å². The Morgan fingerprint density at radius 2 is 2.20 bits per heavy atom. The van der Waals surface area contributed by atoms with E-state index in [9.17, 15) is 4.79 Å². The number of nitrogens with zero attached hydrogens (tertiary/aromatic N) is 1. The van der Waals surface area contributed by atoms with Crippen LogP contribution < -0.4 is 0 Å². The van der Waals surface area contributed by atoms with Crippen LogP contribution in [0.3, 0.4) is 0 Å². The lowest BCUT2D eigenvalue weighted by molar-refractivity contribution is -0.117. The minimum atomic E-state index is 0.0440. The van der Waals surface area contributed by atoms with E-state index in [0.717, 1.165) is 19.3 Å². The smallest absolute Gasteiger partial charge is 0.273 e. The van der Waals surface area contributed by atoms with E-state index in [1.54, 1.807) is 25.8 Å². The Balaban J connectivity index is 0.000000371. The van der Waals surface area contributed by atoms with Gasteiger partial charge in [0, 0.05) is 12.6 Å². The van der Waals surface area contributed by atoms with E-state index < -0.39 is 0 Å². The largest absolute Gasteiger partial charge is 1.52 e. The molecule has 7 radical (unpaired) electrons. The van der Waals surface area contributed by atoms with Gasteiger partial charge in [0.25, 0.3) is 0 Å². The SMILES string of the molecule is O=C1CCCCC=N1.[Mg+2][Br]. The first-order chi connectivity index (χ1) is 4.89. The second kappa shape index (κ2) is 7.69. The molecule has 0 saturated heterocycles. The zero-order valence-corrected chi connectivity index (χ0v) is 8.85. The second-order valence-electron chi connectivity index (χ2n) is 1.95. The summed E-state index contributed by atoms with van der Waals surface area (Å²) in [5, 5.41) is 0. The predicted octanol–water partition coefficient (Wildman–Crippen LogP) is 1.62. The third kappa shape index (κ3) is 5.38. The van der Waals surface area contributed by atoms with Gasteiger partial charge in [0.1, 0.15) is 0 Å². The molecule has 1 amide bonds. The molecule has 51 valence electrons. The Kier molecular flexibility index (Phi) is 8.14. The fraction of sp³-hybridized carbons (Fsp3) is 0.667. The number of hydrogen-bond donors (Lipinski definition) is 0. The first-order valence-corrected chi connectivity index (χ1v) is 7.11. The summed E-state index contributed by atoms with van der Waals surface area (Å²) in [5.41, 5.74) is 0. The highest BCUT2D eigenvalue weighted by molar-refractivity contribution is 9.22. The standard InChI is InChI=1S/C6H9NO.BrH.Mg/c8-6-4-2-1-3-5-7-6;;/h5H,1-4H2;1H;/q;;+3/p-1. The van der Waals surface area contributed by atoms with Crippen molar-refractivity contribution < 1.29 is 4.79 Å². The minimum Gasteiger partial charge on any atom is -0.273 e. The molecule has 1 heterocycles. The Morgan fingerprint density at radius 3 is 2.90 bits per heavy atom. The van der Waals surface area contributed by atoms with E-state index in [0.29, 0.717) is 6.42 Å². The Hall–Kier alpha value is 0.586. The Labute approximate surface area is 79.8 Å². The van der Waals surface area contributed by atoms with Gasteiger partial charge < -0.3 is 0 Å². The molecule has 0 aromatic carbocycles. The minimum absolute atomic E-state index is 0.0440. The van der Waals surface area contributed by atoms with E-state index in [-0.39, 0.29) is 5.91 Å². The van der Waals surface area contributed by atoms with Crippen LogP contribution in [0.2, 0.25) is 0 Å². The maximum Gasteiger partial charge on any atom is 1.52 e. The fourth-order valence-corrected chi connectivity index (χ4v) is 0.743. The van der Waals surface area contributed by atoms with Gasteiger partial charge in [-0.15, -0.1) is 0 Å². The average molecular weight is 215 g/mol. The molecule has 1 aliphatic heterocycles. The number of aliphatic imine (C=N–C) groups is 1. The normalized spacial score (nSPS) is 17.2. The van der Waals surface area contributed by atoms with Crippen molar-refractivity contribution in [3.63, 3.8) is 0 Å². The van der Waals surface area contributed by atoms with E-state index >= 15 is 0 Å². The van der Waals surface area contributed by atoms with Crippen LogP contribution >= 0.6 is 12.9 Å². The van der Waals surface area contributed by atoms with Crippen molar-refractivity contribution >= 4 is 44.5 Å². The highest BCUT2D eigenvalue weighted by Crippen LogP contribution is 2.03. The molecule has 4 heteroatoms. The quantitative estimate of drug-likeness (QED) is 0.565. The summed E-state index contributed by atoms with van der Waals surface area (Å²) in [5.74, 6) is 0.0440.